The maximum Gasteiger partial charge on any atom is 0.187 e. The number of hydrogen-bond donors (Lipinski definition) is 10. The van der Waals surface area contributed by atoms with Gasteiger partial charge in [0.05, 0.1) is 32.0 Å². The topological polar surface area (TPSA) is 248 Å². The molecular weight excluding hydrogens is 456 g/mol. The molecule has 3 aliphatic heterocycles. The van der Waals surface area contributed by atoms with Crippen molar-refractivity contribution in [2.24, 2.45) is 0 Å². The monoisotopic (exact) mass is 488 g/mol. The maximum absolute atomic E-state index is 10.6. The molecule has 33 heavy (non-hydrogen) atoms. The highest BCUT2D eigenvalue weighted by Crippen LogP contribution is 2.31. The van der Waals surface area contributed by atoms with E-state index in [1.807, 2.05) is 0 Å². The van der Waals surface area contributed by atoms with E-state index in [0.717, 1.165) is 0 Å². The van der Waals surface area contributed by atoms with Crippen LogP contribution in [-0.2, 0) is 23.7 Å². The molecule has 0 radical (unpaired) electrons. The summed E-state index contributed by atoms with van der Waals surface area (Å²) in [6, 6.07) is 0. The molecule has 194 valence electrons. The van der Waals surface area contributed by atoms with E-state index < -0.39 is 106 Å². The average molecular weight is 488 g/mol. The highest BCUT2D eigenvalue weighted by molar-refractivity contribution is 4.95. The Bertz CT molecular complexity index is 607. The van der Waals surface area contributed by atoms with Gasteiger partial charge in [0.1, 0.15) is 54.9 Å². The molecule has 3 rings (SSSR count). The molecule has 0 amide bonds. The average Bonchev–Trinajstić information content (AvgIpc) is 2.80. The molecule has 3 saturated heterocycles. The van der Waals surface area contributed by atoms with Crippen molar-refractivity contribution in [3.05, 3.63) is 0 Å². The fourth-order valence-corrected chi connectivity index (χ4v) is 4.02. The second kappa shape index (κ2) is 11.4. The van der Waals surface area contributed by atoms with Gasteiger partial charge in [0.25, 0.3) is 0 Å². The summed E-state index contributed by atoms with van der Waals surface area (Å²) in [5.41, 5.74) is 0. The van der Waals surface area contributed by atoms with E-state index in [0.29, 0.717) is 0 Å². The molecule has 0 bridgehead atoms. The van der Waals surface area contributed by atoms with Crippen molar-refractivity contribution in [2.45, 2.75) is 92.4 Å². The van der Waals surface area contributed by atoms with Crippen molar-refractivity contribution in [3.8, 4) is 0 Å². The molecule has 0 aromatic heterocycles. The van der Waals surface area contributed by atoms with Crippen LogP contribution in [0.25, 0.3) is 0 Å². The summed E-state index contributed by atoms with van der Waals surface area (Å²) in [7, 11) is 0. The Kier molecular flexibility index (Phi) is 9.35. The lowest BCUT2D eigenvalue weighted by Gasteiger charge is -2.47. The second-order valence-electron chi connectivity index (χ2n) is 8.24. The van der Waals surface area contributed by atoms with Crippen LogP contribution < -0.4 is 0 Å². The van der Waals surface area contributed by atoms with Gasteiger partial charge in [-0.05, 0) is 0 Å². The fraction of sp³-hybridized carbons (Fsp3) is 1.00. The lowest BCUT2D eigenvalue weighted by molar-refractivity contribution is -0.373. The molecule has 3 heterocycles. The molecule has 14 atom stereocenters. The van der Waals surface area contributed by atoms with Crippen molar-refractivity contribution < 1.29 is 74.7 Å². The number of hydrogen-bond acceptors (Lipinski definition) is 15. The standard InChI is InChI=1S/C18H32O15/c19-2-5-1-6(22)9(23)17(29-5)32-15-8(4-21)31-18(13(27)11(15)25)33-14-7(3-20)30-16(28)12(26)10(14)24/h5-28H,1-4H2/t5-,6-,7+,8+,9+,10+,11+,12+,13+,14+,15+,16-,17+,18+/m0/s1. The predicted octanol–water partition coefficient (Wildman–Crippen LogP) is -6.54. The van der Waals surface area contributed by atoms with Crippen LogP contribution in [0.1, 0.15) is 6.42 Å². The highest BCUT2D eigenvalue weighted by Gasteiger charge is 2.52. The largest absolute Gasteiger partial charge is 0.394 e. The van der Waals surface area contributed by atoms with Crippen LogP contribution in [0.4, 0.5) is 0 Å². The van der Waals surface area contributed by atoms with Crippen molar-refractivity contribution in [1.29, 1.82) is 0 Å². The first-order valence-corrected chi connectivity index (χ1v) is 10.5. The molecule has 3 aliphatic rings. The number of aliphatic hydroxyl groups is 10. The summed E-state index contributed by atoms with van der Waals surface area (Å²) in [4.78, 5) is 0. The fourth-order valence-electron chi connectivity index (χ4n) is 4.02. The minimum atomic E-state index is -1.85. The van der Waals surface area contributed by atoms with E-state index in [-0.39, 0.29) is 6.42 Å². The zero-order valence-electron chi connectivity index (χ0n) is 17.4. The van der Waals surface area contributed by atoms with Crippen molar-refractivity contribution >= 4 is 0 Å². The lowest BCUT2D eigenvalue weighted by Crippen LogP contribution is -2.65. The molecule has 0 aromatic rings. The van der Waals surface area contributed by atoms with Gasteiger partial charge in [-0.1, -0.05) is 0 Å². The van der Waals surface area contributed by atoms with Gasteiger partial charge in [0, 0.05) is 6.42 Å². The molecule has 0 aliphatic carbocycles. The van der Waals surface area contributed by atoms with Crippen LogP contribution >= 0.6 is 0 Å². The summed E-state index contributed by atoms with van der Waals surface area (Å²) in [6.07, 6.45) is -21.7. The minimum absolute atomic E-state index is 0.0679. The van der Waals surface area contributed by atoms with Gasteiger partial charge in [-0.3, -0.25) is 0 Å². The smallest absolute Gasteiger partial charge is 0.187 e. The summed E-state index contributed by atoms with van der Waals surface area (Å²) < 4.78 is 26.7. The first kappa shape index (κ1) is 27.0. The van der Waals surface area contributed by atoms with E-state index in [1.165, 1.54) is 0 Å². The van der Waals surface area contributed by atoms with Crippen LogP contribution in [0.15, 0.2) is 0 Å². The third kappa shape index (κ3) is 5.64. The molecule has 0 unspecified atom stereocenters. The van der Waals surface area contributed by atoms with E-state index in [2.05, 4.69) is 0 Å². The Hall–Kier alpha value is -0.600. The second-order valence-corrected chi connectivity index (χ2v) is 8.24. The molecule has 0 aromatic carbocycles. The summed E-state index contributed by atoms with van der Waals surface area (Å²) >= 11 is 0. The maximum atomic E-state index is 10.6. The lowest BCUT2D eigenvalue weighted by atomic mass is 9.96. The van der Waals surface area contributed by atoms with Gasteiger partial charge in [0.2, 0.25) is 0 Å². The normalized spacial score (nSPS) is 51.5. The molecule has 10 N–H and O–H groups in total. The first-order chi connectivity index (χ1) is 15.6. The SMILES string of the molecule is OC[C@@H]1C[C@H](O)[C@@H](O)[C@@H](O[C@H]2[C@H](O)[C@@H](O)[C@@H](O[C@H]3[C@H](O)[C@@H](O)[C@@H](O)O[C@@H]3CO)O[C@@H]2CO)O1. The van der Waals surface area contributed by atoms with Crippen molar-refractivity contribution in [1.82, 2.24) is 0 Å². The molecule has 0 saturated carbocycles. The van der Waals surface area contributed by atoms with Crippen LogP contribution in [-0.4, -0.2) is 157 Å². The molecule has 15 heteroatoms. The van der Waals surface area contributed by atoms with Gasteiger partial charge in [0.15, 0.2) is 18.9 Å². The minimum Gasteiger partial charge on any atom is -0.394 e. The third-order valence-electron chi connectivity index (χ3n) is 5.95. The van der Waals surface area contributed by atoms with Crippen molar-refractivity contribution in [3.63, 3.8) is 0 Å². The van der Waals surface area contributed by atoms with Gasteiger partial charge in [-0.2, -0.15) is 0 Å². The third-order valence-corrected chi connectivity index (χ3v) is 5.95. The van der Waals surface area contributed by atoms with Crippen LogP contribution in [0, 0.1) is 0 Å². The highest BCUT2D eigenvalue weighted by atomic mass is 16.7. The predicted molar refractivity (Wildman–Crippen MR) is 99.9 cm³/mol. The van der Waals surface area contributed by atoms with Crippen molar-refractivity contribution in [2.75, 3.05) is 19.8 Å². The number of ether oxygens (including phenoxy) is 5. The Balaban J connectivity index is 1.71. The zero-order chi connectivity index (χ0) is 24.4. The Morgan fingerprint density at radius 2 is 1.09 bits per heavy atom. The van der Waals surface area contributed by atoms with Gasteiger partial charge >= 0.3 is 0 Å². The first-order valence-electron chi connectivity index (χ1n) is 10.5. The van der Waals surface area contributed by atoms with E-state index in [4.69, 9.17) is 23.7 Å². The summed E-state index contributed by atoms with van der Waals surface area (Å²) in [5.74, 6) is 0. The van der Waals surface area contributed by atoms with E-state index in [9.17, 15) is 51.1 Å². The van der Waals surface area contributed by atoms with Crippen LogP contribution in [0.3, 0.4) is 0 Å². The zero-order valence-corrected chi connectivity index (χ0v) is 17.4. The quantitative estimate of drug-likeness (QED) is 0.160. The summed E-state index contributed by atoms with van der Waals surface area (Å²) in [5, 5.41) is 99.2. The van der Waals surface area contributed by atoms with Crippen LogP contribution in [0.2, 0.25) is 0 Å². The number of aliphatic hydroxyl groups excluding tert-OH is 10. The number of rotatable bonds is 7. The van der Waals surface area contributed by atoms with Crippen LogP contribution in [0.5, 0.6) is 0 Å². The Morgan fingerprint density at radius 1 is 0.576 bits per heavy atom. The van der Waals surface area contributed by atoms with Gasteiger partial charge in [-0.15, -0.1) is 0 Å². The van der Waals surface area contributed by atoms with E-state index >= 15 is 0 Å². The van der Waals surface area contributed by atoms with E-state index in [1.54, 1.807) is 0 Å². The molecule has 0 spiro atoms. The molecular formula is C18H32O15. The van der Waals surface area contributed by atoms with Gasteiger partial charge < -0.3 is 74.7 Å². The molecule has 3 fully saturated rings. The molecule has 15 nitrogen and oxygen atoms in total. The van der Waals surface area contributed by atoms with Gasteiger partial charge in [-0.25, -0.2) is 0 Å². The Labute approximate surface area is 187 Å². The Morgan fingerprint density at radius 3 is 1.64 bits per heavy atom. The summed E-state index contributed by atoms with van der Waals surface area (Å²) in [6.45, 7) is -1.98.